The SMILES string of the molecule is C=COC(=O)CCCCC(=O)Nc1nc2c(ncn2COCCO)c(=O)[nH]1. The maximum absolute atomic E-state index is 12.1. The molecule has 0 aromatic carbocycles. The number of aromatic nitrogens is 4. The van der Waals surface area contributed by atoms with Crippen LogP contribution in [0.15, 0.2) is 24.0 Å². The number of imidazole rings is 1. The van der Waals surface area contributed by atoms with Crippen LogP contribution in [0.3, 0.4) is 0 Å². The lowest BCUT2D eigenvalue weighted by molar-refractivity contribution is -0.138. The standard InChI is InChI=1S/C16H21N5O6/c1-2-27-12(24)6-4-3-5-11(23)18-16-19-14-13(15(25)20-16)17-9-21(14)10-26-8-7-22/h2,9,22H,1,3-8,10H2,(H2,18,19,20,23,25). The molecule has 0 radical (unpaired) electrons. The second-order valence-corrected chi connectivity index (χ2v) is 5.47. The summed E-state index contributed by atoms with van der Waals surface area (Å²) >= 11 is 0. The first-order valence-electron chi connectivity index (χ1n) is 8.29. The highest BCUT2D eigenvalue weighted by Gasteiger charge is 2.12. The number of amides is 1. The quantitative estimate of drug-likeness (QED) is 0.286. The van der Waals surface area contributed by atoms with Crippen LogP contribution < -0.4 is 10.9 Å². The summed E-state index contributed by atoms with van der Waals surface area (Å²) < 4.78 is 11.3. The summed E-state index contributed by atoms with van der Waals surface area (Å²) in [7, 11) is 0. The zero-order valence-electron chi connectivity index (χ0n) is 14.6. The number of nitrogens with one attached hydrogen (secondary N) is 2. The van der Waals surface area contributed by atoms with Gasteiger partial charge in [-0.25, -0.2) is 4.98 Å². The fourth-order valence-corrected chi connectivity index (χ4v) is 2.24. The van der Waals surface area contributed by atoms with Gasteiger partial charge in [-0.15, -0.1) is 0 Å². The second kappa shape index (κ2) is 10.2. The van der Waals surface area contributed by atoms with E-state index >= 15 is 0 Å². The highest BCUT2D eigenvalue weighted by molar-refractivity contribution is 5.89. The molecule has 0 aliphatic carbocycles. The number of aliphatic hydroxyl groups is 1. The number of ether oxygens (including phenoxy) is 2. The predicted octanol–water partition coefficient (Wildman–Crippen LogP) is 0.272. The van der Waals surface area contributed by atoms with Crippen LogP contribution in [0.5, 0.6) is 0 Å². The zero-order chi connectivity index (χ0) is 19.6. The predicted molar refractivity (Wildman–Crippen MR) is 94.6 cm³/mol. The van der Waals surface area contributed by atoms with Gasteiger partial charge in [-0.3, -0.25) is 29.3 Å². The van der Waals surface area contributed by atoms with Crippen LogP contribution in [0.1, 0.15) is 25.7 Å². The Kier molecular flexibility index (Phi) is 7.64. The van der Waals surface area contributed by atoms with E-state index in [1.54, 1.807) is 0 Å². The topological polar surface area (TPSA) is 148 Å². The van der Waals surface area contributed by atoms with Crippen LogP contribution in [0, 0.1) is 0 Å². The van der Waals surface area contributed by atoms with Gasteiger partial charge in [-0.2, -0.15) is 4.98 Å². The third kappa shape index (κ3) is 6.01. The number of carbonyl (C=O) groups excluding carboxylic acids is 2. The first-order valence-corrected chi connectivity index (χ1v) is 8.29. The molecule has 11 heteroatoms. The number of nitrogens with zero attached hydrogens (tertiary/aromatic N) is 3. The molecule has 2 aromatic heterocycles. The number of esters is 1. The van der Waals surface area contributed by atoms with Gasteiger partial charge in [0.15, 0.2) is 11.2 Å². The number of aromatic amines is 1. The minimum atomic E-state index is -0.497. The van der Waals surface area contributed by atoms with E-state index in [4.69, 9.17) is 9.84 Å². The highest BCUT2D eigenvalue weighted by Crippen LogP contribution is 2.09. The van der Waals surface area contributed by atoms with E-state index in [1.807, 2.05) is 0 Å². The molecule has 0 spiro atoms. The Labute approximate surface area is 154 Å². The molecule has 27 heavy (non-hydrogen) atoms. The van der Waals surface area contributed by atoms with Gasteiger partial charge in [-0.1, -0.05) is 6.58 Å². The third-order valence-corrected chi connectivity index (χ3v) is 3.45. The van der Waals surface area contributed by atoms with Crippen LogP contribution in [-0.4, -0.2) is 49.7 Å². The summed E-state index contributed by atoms with van der Waals surface area (Å²) in [6, 6.07) is 0. The van der Waals surface area contributed by atoms with Crippen molar-refractivity contribution in [3.05, 3.63) is 29.5 Å². The summed E-state index contributed by atoms with van der Waals surface area (Å²) in [5.74, 6) is -0.761. The normalized spacial score (nSPS) is 10.7. The molecule has 0 atom stereocenters. The van der Waals surface area contributed by atoms with Crippen molar-refractivity contribution in [2.45, 2.75) is 32.4 Å². The average molecular weight is 379 g/mol. The first-order chi connectivity index (χ1) is 13.0. The monoisotopic (exact) mass is 379 g/mol. The van der Waals surface area contributed by atoms with Crippen molar-refractivity contribution in [1.82, 2.24) is 19.5 Å². The molecular weight excluding hydrogens is 358 g/mol. The summed E-state index contributed by atoms with van der Waals surface area (Å²) in [4.78, 5) is 45.8. The van der Waals surface area contributed by atoms with Crippen molar-refractivity contribution >= 4 is 29.0 Å². The van der Waals surface area contributed by atoms with Crippen molar-refractivity contribution in [1.29, 1.82) is 0 Å². The minimum Gasteiger partial charge on any atom is -0.435 e. The number of fused-ring (bicyclic) bond motifs is 1. The number of hydrogen-bond donors (Lipinski definition) is 3. The molecule has 0 saturated carbocycles. The lowest BCUT2D eigenvalue weighted by atomic mass is 10.2. The first kappa shape index (κ1) is 20.3. The summed E-state index contributed by atoms with van der Waals surface area (Å²) in [6.07, 6.45) is 3.75. The molecule has 1 amide bonds. The summed E-state index contributed by atoms with van der Waals surface area (Å²) in [5.41, 5.74) is -0.135. The van der Waals surface area contributed by atoms with E-state index in [2.05, 4.69) is 31.6 Å². The van der Waals surface area contributed by atoms with E-state index in [0.29, 0.717) is 12.8 Å². The van der Waals surface area contributed by atoms with E-state index in [1.165, 1.54) is 10.9 Å². The Bertz CT molecular complexity index is 859. The van der Waals surface area contributed by atoms with Crippen molar-refractivity contribution in [2.24, 2.45) is 0 Å². The number of unbranched alkanes of at least 4 members (excludes halogenated alkanes) is 1. The van der Waals surface area contributed by atoms with Crippen LogP contribution >= 0.6 is 0 Å². The lowest BCUT2D eigenvalue weighted by Crippen LogP contribution is -2.19. The number of anilines is 1. The molecule has 3 N–H and O–H groups in total. The van der Waals surface area contributed by atoms with E-state index < -0.39 is 11.5 Å². The van der Waals surface area contributed by atoms with E-state index in [0.717, 1.165) is 6.26 Å². The minimum absolute atomic E-state index is 0.00697. The fourth-order valence-electron chi connectivity index (χ4n) is 2.24. The lowest BCUT2D eigenvalue weighted by Gasteiger charge is -2.06. The van der Waals surface area contributed by atoms with Crippen LogP contribution in [0.2, 0.25) is 0 Å². The van der Waals surface area contributed by atoms with Crippen molar-refractivity contribution in [3.8, 4) is 0 Å². The van der Waals surface area contributed by atoms with Gasteiger partial charge in [0.1, 0.15) is 6.73 Å². The van der Waals surface area contributed by atoms with Crippen molar-refractivity contribution in [2.75, 3.05) is 18.5 Å². The van der Waals surface area contributed by atoms with Gasteiger partial charge in [0, 0.05) is 12.8 Å². The highest BCUT2D eigenvalue weighted by atomic mass is 16.5. The Morgan fingerprint density at radius 2 is 2.15 bits per heavy atom. The number of rotatable bonds is 11. The molecule has 11 nitrogen and oxygen atoms in total. The van der Waals surface area contributed by atoms with Crippen molar-refractivity contribution in [3.63, 3.8) is 0 Å². The number of hydrogen-bond acceptors (Lipinski definition) is 8. The number of carbonyl (C=O) groups is 2. The molecule has 2 rings (SSSR count). The molecule has 0 fully saturated rings. The van der Waals surface area contributed by atoms with Crippen LogP contribution in [-0.2, 0) is 25.8 Å². The smallest absolute Gasteiger partial charge is 0.310 e. The molecule has 0 aliphatic rings. The second-order valence-electron chi connectivity index (χ2n) is 5.47. The maximum atomic E-state index is 12.1. The largest absolute Gasteiger partial charge is 0.435 e. The Morgan fingerprint density at radius 3 is 2.89 bits per heavy atom. The maximum Gasteiger partial charge on any atom is 0.310 e. The van der Waals surface area contributed by atoms with Gasteiger partial charge in [0.2, 0.25) is 11.9 Å². The van der Waals surface area contributed by atoms with Gasteiger partial charge in [0.05, 0.1) is 25.8 Å². The summed E-state index contributed by atoms with van der Waals surface area (Å²) in [5, 5.41) is 11.3. The Morgan fingerprint density at radius 1 is 1.37 bits per heavy atom. The molecule has 146 valence electrons. The Hall–Kier alpha value is -3.05. The molecule has 0 unspecified atom stereocenters. The molecule has 2 aromatic rings. The molecule has 0 saturated heterocycles. The van der Waals surface area contributed by atoms with E-state index in [-0.39, 0.29) is 55.8 Å². The summed E-state index contributed by atoms with van der Waals surface area (Å²) in [6.45, 7) is 3.34. The number of aliphatic hydroxyl groups excluding tert-OH is 1. The van der Waals surface area contributed by atoms with Gasteiger partial charge in [-0.05, 0) is 12.8 Å². The van der Waals surface area contributed by atoms with Crippen molar-refractivity contribution < 1.29 is 24.2 Å². The Balaban J connectivity index is 1.94. The average Bonchev–Trinajstić information content (AvgIpc) is 3.03. The number of H-pyrrole nitrogens is 1. The molecule has 0 aliphatic heterocycles. The van der Waals surface area contributed by atoms with Gasteiger partial charge >= 0.3 is 5.97 Å². The van der Waals surface area contributed by atoms with Gasteiger partial charge < -0.3 is 14.6 Å². The molecular formula is C16H21N5O6. The molecule has 0 bridgehead atoms. The van der Waals surface area contributed by atoms with Gasteiger partial charge in [0.25, 0.3) is 5.56 Å². The fraction of sp³-hybridized carbons (Fsp3) is 0.438. The molecule has 2 heterocycles. The third-order valence-electron chi connectivity index (χ3n) is 3.45. The van der Waals surface area contributed by atoms with Crippen LogP contribution in [0.4, 0.5) is 5.95 Å². The van der Waals surface area contributed by atoms with E-state index in [9.17, 15) is 14.4 Å². The zero-order valence-corrected chi connectivity index (χ0v) is 14.6. The van der Waals surface area contributed by atoms with Crippen LogP contribution in [0.25, 0.3) is 11.2 Å².